The number of carbonyl (C=O) groups is 1. The first-order chi connectivity index (χ1) is 8.84. The fraction of sp³-hybridized carbons (Fsp3) is 0.182. The van der Waals surface area contributed by atoms with Crippen molar-refractivity contribution in [2.75, 3.05) is 0 Å². The van der Waals surface area contributed by atoms with Crippen molar-refractivity contribution in [3.8, 4) is 5.82 Å². The molecule has 0 aliphatic heterocycles. The molecule has 0 saturated heterocycles. The fourth-order valence-electron chi connectivity index (χ4n) is 1.48. The smallest absolute Gasteiger partial charge is 0.298 e. The molecular weight excluding hydrogens is 283 g/mol. The van der Waals surface area contributed by atoms with E-state index in [-0.39, 0.29) is 16.5 Å². The predicted octanol–water partition coefficient (Wildman–Crippen LogP) is 3.06. The number of carbonyl (C=O) groups excluding carboxylic acids is 1. The fourth-order valence-corrected chi connectivity index (χ4v) is 1.78. The molecule has 19 heavy (non-hydrogen) atoms. The summed E-state index contributed by atoms with van der Waals surface area (Å²) in [6.07, 6.45) is -3.24. The molecular formula is C11H7ClF3N3O. The molecule has 0 aliphatic carbocycles. The summed E-state index contributed by atoms with van der Waals surface area (Å²) in [5, 5.41) is 3.97. The van der Waals surface area contributed by atoms with Gasteiger partial charge in [0.25, 0.3) is 0 Å². The third-order valence-electron chi connectivity index (χ3n) is 2.46. The first-order valence-corrected chi connectivity index (χ1v) is 5.46. The van der Waals surface area contributed by atoms with Gasteiger partial charge in [0.05, 0.1) is 16.8 Å². The van der Waals surface area contributed by atoms with E-state index in [1.165, 1.54) is 0 Å². The maximum atomic E-state index is 12.4. The second kappa shape index (κ2) is 4.65. The molecule has 0 fully saturated rings. The SMILES string of the molecule is Cc1nn(-c2ccc(C(F)(F)F)cn2)c(Cl)c1C=O. The first kappa shape index (κ1) is 13.5. The Morgan fingerprint density at radius 2 is 2.05 bits per heavy atom. The Kier molecular flexibility index (Phi) is 3.32. The molecule has 100 valence electrons. The third-order valence-corrected chi connectivity index (χ3v) is 2.82. The Bertz CT molecular complexity index is 619. The number of nitrogens with zero attached hydrogens (tertiary/aromatic N) is 3. The summed E-state index contributed by atoms with van der Waals surface area (Å²) >= 11 is 5.90. The summed E-state index contributed by atoms with van der Waals surface area (Å²) in [6, 6.07) is 2.01. The Morgan fingerprint density at radius 1 is 1.37 bits per heavy atom. The van der Waals surface area contributed by atoms with Crippen LogP contribution >= 0.6 is 11.6 Å². The lowest BCUT2D eigenvalue weighted by atomic mass is 10.3. The largest absolute Gasteiger partial charge is 0.417 e. The number of aldehydes is 1. The van der Waals surface area contributed by atoms with E-state index < -0.39 is 11.7 Å². The van der Waals surface area contributed by atoms with Crippen molar-refractivity contribution in [1.29, 1.82) is 0 Å². The Morgan fingerprint density at radius 3 is 2.47 bits per heavy atom. The lowest BCUT2D eigenvalue weighted by Gasteiger charge is -2.07. The van der Waals surface area contributed by atoms with Gasteiger partial charge in [0.2, 0.25) is 0 Å². The van der Waals surface area contributed by atoms with Crippen molar-refractivity contribution in [2.45, 2.75) is 13.1 Å². The van der Waals surface area contributed by atoms with Crippen LogP contribution in [-0.2, 0) is 6.18 Å². The summed E-state index contributed by atoms with van der Waals surface area (Å²) in [7, 11) is 0. The molecule has 0 unspecified atom stereocenters. The van der Waals surface area contributed by atoms with Crippen molar-refractivity contribution in [2.24, 2.45) is 0 Å². The summed E-state index contributed by atoms with van der Waals surface area (Å²) in [5.74, 6) is 0.106. The van der Waals surface area contributed by atoms with Gasteiger partial charge in [-0.25, -0.2) is 9.67 Å². The number of halogens is 4. The number of aromatic nitrogens is 3. The van der Waals surface area contributed by atoms with Crippen LogP contribution in [-0.4, -0.2) is 21.1 Å². The summed E-state index contributed by atoms with van der Waals surface area (Å²) < 4.78 is 38.3. The molecule has 0 aromatic carbocycles. The molecule has 0 aliphatic rings. The molecule has 0 N–H and O–H groups in total. The van der Waals surface area contributed by atoms with Gasteiger partial charge in [-0.05, 0) is 19.1 Å². The Hall–Kier alpha value is -1.89. The molecule has 2 rings (SSSR count). The number of alkyl halides is 3. The van der Waals surface area contributed by atoms with Crippen molar-refractivity contribution in [3.63, 3.8) is 0 Å². The van der Waals surface area contributed by atoms with Gasteiger partial charge in [-0.15, -0.1) is 0 Å². The van der Waals surface area contributed by atoms with Crippen LogP contribution in [0.2, 0.25) is 5.15 Å². The molecule has 4 nitrogen and oxygen atoms in total. The normalized spacial score (nSPS) is 11.6. The van der Waals surface area contributed by atoms with Gasteiger partial charge in [0.15, 0.2) is 12.1 Å². The number of aryl methyl sites for hydroxylation is 1. The van der Waals surface area contributed by atoms with Gasteiger partial charge < -0.3 is 0 Å². The van der Waals surface area contributed by atoms with Gasteiger partial charge in [-0.2, -0.15) is 18.3 Å². The quantitative estimate of drug-likeness (QED) is 0.798. The highest BCUT2D eigenvalue weighted by molar-refractivity contribution is 6.32. The van der Waals surface area contributed by atoms with E-state index in [1.807, 2.05) is 0 Å². The average Bonchev–Trinajstić information content (AvgIpc) is 2.63. The molecule has 0 saturated carbocycles. The number of hydrogen-bond donors (Lipinski definition) is 0. The van der Waals surface area contributed by atoms with E-state index in [2.05, 4.69) is 10.1 Å². The molecule has 0 bridgehead atoms. The molecule has 2 aromatic heterocycles. The highest BCUT2D eigenvalue weighted by atomic mass is 35.5. The number of hydrogen-bond acceptors (Lipinski definition) is 3. The Balaban J connectivity index is 2.46. The first-order valence-electron chi connectivity index (χ1n) is 5.08. The van der Waals surface area contributed by atoms with Gasteiger partial charge >= 0.3 is 6.18 Å². The minimum absolute atomic E-state index is 0.0137. The standard InChI is InChI=1S/C11H7ClF3N3O/c1-6-8(5-19)10(12)18(17-6)9-3-2-7(4-16-9)11(13,14)15/h2-5H,1H3. The molecule has 2 aromatic rings. The van der Waals surface area contributed by atoms with Crippen LogP contribution in [0.3, 0.4) is 0 Å². The van der Waals surface area contributed by atoms with E-state index in [4.69, 9.17) is 11.6 Å². The van der Waals surface area contributed by atoms with Crippen LogP contribution in [0.4, 0.5) is 13.2 Å². The minimum atomic E-state index is -4.46. The second-order valence-corrected chi connectivity index (χ2v) is 4.08. The zero-order valence-corrected chi connectivity index (χ0v) is 10.3. The monoisotopic (exact) mass is 289 g/mol. The van der Waals surface area contributed by atoms with Crippen LogP contribution in [0.5, 0.6) is 0 Å². The van der Waals surface area contributed by atoms with Crippen LogP contribution in [0.15, 0.2) is 18.3 Å². The van der Waals surface area contributed by atoms with E-state index >= 15 is 0 Å². The molecule has 0 atom stereocenters. The number of rotatable bonds is 2. The molecule has 8 heteroatoms. The maximum absolute atomic E-state index is 12.4. The second-order valence-electron chi connectivity index (χ2n) is 3.72. The topological polar surface area (TPSA) is 47.8 Å². The molecule has 0 radical (unpaired) electrons. The van der Waals surface area contributed by atoms with E-state index in [0.29, 0.717) is 18.2 Å². The van der Waals surface area contributed by atoms with Crippen LogP contribution in [0, 0.1) is 6.92 Å². The van der Waals surface area contributed by atoms with E-state index in [0.717, 1.165) is 16.8 Å². The zero-order valence-electron chi connectivity index (χ0n) is 9.57. The van der Waals surface area contributed by atoms with Crippen molar-refractivity contribution < 1.29 is 18.0 Å². The lowest BCUT2D eigenvalue weighted by molar-refractivity contribution is -0.137. The summed E-state index contributed by atoms with van der Waals surface area (Å²) in [4.78, 5) is 14.4. The van der Waals surface area contributed by atoms with Gasteiger partial charge in [0, 0.05) is 6.20 Å². The third kappa shape index (κ3) is 2.46. The summed E-state index contributed by atoms with van der Waals surface area (Å²) in [6.45, 7) is 1.57. The van der Waals surface area contributed by atoms with Crippen LogP contribution in [0.1, 0.15) is 21.6 Å². The molecule has 2 heterocycles. The van der Waals surface area contributed by atoms with Crippen molar-refractivity contribution >= 4 is 17.9 Å². The average molecular weight is 290 g/mol. The van der Waals surface area contributed by atoms with Gasteiger partial charge in [0.1, 0.15) is 5.15 Å². The number of pyridine rings is 1. The molecule has 0 amide bonds. The highest BCUT2D eigenvalue weighted by Gasteiger charge is 2.30. The molecule has 0 spiro atoms. The van der Waals surface area contributed by atoms with Crippen molar-refractivity contribution in [1.82, 2.24) is 14.8 Å². The van der Waals surface area contributed by atoms with Gasteiger partial charge in [-0.1, -0.05) is 11.6 Å². The minimum Gasteiger partial charge on any atom is -0.298 e. The van der Waals surface area contributed by atoms with Gasteiger partial charge in [-0.3, -0.25) is 4.79 Å². The maximum Gasteiger partial charge on any atom is 0.417 e. The van der Waals surface area contributed by atoms with Crippen molar-refractivity contribution in [3.05, 3.63) is 40.3 Å². The Labute approximate surface area is 110 Å². The predicted molar refractivity (Wildman–Crippen MR) is 61.5 cm³/mol. The van der Waals surface area contributed by atoms with E-state index in [9.17, 15) is 18.0 Å². The van der Waals surface area contributed by atoms with Crippen LogP contribution < -0.4 is 0 Å². The lowest BCUT2D eigenvalue weighted by Crippen LogP contribution is -2.07. The zero-order chi connectivity index (χ0) is 14.2. The highest BCUT2D eigenvalue weighted by Crippen LogP contribution is 2.29. The summed E-state index contributed by atoms with van der Waals surface area (Å²) in [5.41, 5.74) is -0.308. The van der Waals surface area contributed by atoms with E-state index in [1.54, 1.807) is 6.92 Å². The van der Waals surface area contributed by atoms with Crippen LogP contribution in [0.25, 0.3) is 5.82 Å².